The molecule has 0 unspecified atom stereocenters. The van der Waals surface area contributed by atoms with Gasteiger partial charge in [-0.05, 0) is 49.4 Å². The van der Waals surface area contributed by atoms with Gasteiger partial charge < -0.3 is 16.4 Å². The van der Waals surface area contributed by atoms with Crippen molar-refractivity contribution >= 4 is 23.4 Å². The smallest absolute Gasteiger partial charge is 0.251 e. The molecule has 0 radical (unpaired) electrons. The van der Waals surface area contributed by atoms with Crippen LogP contribution in [0.5, 0.6) is 0 Å². The van der Waals surface area contributed by atoms with Gasteiger partial charge in [-0.25, -0.2) is 0 Å². The molecule has 3 amide bonds. The Morgan fingerprint density at radius 1 is 1.17 bits per heavy atom. The van der Waals surface area contributed by atoms with Crippen LogP contribution in [0, 0.1) is 11.8 Å². The van der Waals surface area contributed by atoms with Crippen molar-refractivity contribution in [1.29, 1.82) is 0 Å². The number of unbranched alkanes of at least 4 members (excludes halogenated alkanes) is 1. The molecule has 1 aliphatic rings. The molecule has 0 aromatic heterocycles. The maximum Gasteiger partial charge on any atom is 0.251 e. The number of amides is 3. The Bertz CT molecular complexity index is 583. The fourth-order valence-corrected chi connectivity index (χ4v) is 2.36. The van der Waals surface area contributed by atoms with E-state index in [4.69, 9.17) is 5.73 Å². The summed E-state index contributed by atoms with van der Waals surface area (Å²) in [7, 11) is 0. The van der Waals surface area contributed by atoms with Gasteiger partial charge in [-0.1, -0.05) is 6.92 Å². The van der Waals surface area contributed by atoms with Gasteiger partial charge in [-0.15, -0.1) is 0 Å². The predicted octanol–water partition coefficient (Wildman–Crippen LogP) is 1.67. The Kier molecular flexibility index (Phi) is 5.73. The summed E-state index contributed by atoms with van der Waals surface area (Å²) >= 11 is 0. The van der Waals surface area contributed by atoms with Gasteiger partial charge in [0.25, 0.3) is 5.91 Å². The van der Waals surface area contributed by atoms with Crippen LogP contribution in [0.1, 0.15) is 43.0 Å². The lowest BCUT2D eigenvalue weighted by Crippen LogP contribution is -2.24. The SMILES string of the molecule is C[C@@H]1C[C@H]1C(=O)Nc1ccc(C(=O)NCCCCC(N)=O)cc1. The second kappa shape index (κ2) is 7.76. The zero-order chi connectivity index (χ0) is 16.8. The number of hydrogen-bond acceptors (Lipinski definition) is 3. The first-order valence-electron chi connectivity index (χ1n) is 7.95. The normalized spacial score (nSPS) is 19.0. The lowest BCUT2D eigenvalue weighted by Gasteiger charge is -2.07. The molecule has 0 saturated heterocycles. The summed E-state index contributed by atoms with van der Waals surface area (Å²) in [5, 5.41) is 5.65. The lowest BCUT2D eigenvalue weighted by molar-refractivity contribution is -0.118. The second-order valence-corrected chi connectivity index (χ2v) is 6.07. The first-order valence-corrected chi connectivity index (χ1v) is 7.95. The minimum Gasteiger partial charge on any atom is -0.370 e. The van der Waals surface area contributed by atoms with Crippen molar-refractivity contribution in [3.8, 4) is 0 Å². The number of carbonyl (C=O) groups excluding carboxylic acids is 3. The molecule has 1 aliphatic carbocycles. The van der Waals surface area contributed by atoms with Gasteiger partial charge in [0.15, 0.2) is 0 Å². The summed E-state index contributed by atoms with van der Waals surface area (Å²) in [6.07, 6.45) is 2.66. The summed E-state index contributed by atoms with van der Waals surface area (Å²) in [5.41, 5.74) is 6.29. The van der Waals surface area contributed by atoms with Crippen molar-refractivity contribution in [2.45, 2.75) is 32.6 Å². The summed E-state index contributed by atoms with van der Waals surface area (Å²) < 4.78 is 0. The van der Waals surface area contributed by atoms with Crippen LogP contribution in [0.4, 0.5) is 5.69 Å². The van der Waals surface area contributed by atoms with Gasteiger partial charge in [-0.3, -0.25) is 14.4 Å². The quantitative estimate of drug-likeness (QED) is 0.636. The van der Waals surface area contributed by atoms with Crippen molar-refractivity contribution in [1.82, 2.24) is 5.32 Å². The third-order valence-corrected chi connectivity index (χ3v) is 4.00. The highest BCUT2D eigenvalue weighted by Crippen LogP contribution is 2.38. The van der Waals surface area contributed by atoms with Gasteiger partial charge in [0.1, 0.15) is 0 Å². The van der Waals surface area contributed by atoms with Crippen molar-refractivity contribution in [3.05, 3.63) is 29.8 Å². The number of carbonyl (C=O) groups is 3. The van der Waals surface area contributed by atoms with E-state index in [0.29, 0.717) is 43.0 Å². The molecule has 2 rings (SSSR count). The Hall–Kier alpha value is -2.37. The van der Waals surface area contributed by atoms with Gasteiger partial charge in [-0.2, -0.15) is 0 Å². The molecule has 6 heteroatoms. The molecule has 6 nitrogen and oxygen atoms in total. The Morgan fingerprint density at radius 2 is 1.83 bits per heavy atom. The number of rotatable bonds is 8. The summed E-state index contributed by atoms with van der Waals surface area (Å²) in [6, 6.07) is 6.83. The van der Waals surface area contributed by atoms with E-state index in [1.165, 1.54) is 0 Å². The highest BCUT2D eigenvalue weighted by molar-refractivity contribution is 5.96. The molecule has 1 aromatic carbocycles. The molecule has 4 N–H and O–H groups in total. The molecule has 1 saturated carbocycles. The minimum atomic E-state index is -0.324. The maximum absolute atomic E-state index is 11.9. The van der Waals surface area contributed by atoms with E-state index in [-0.39, 0.29) is 23.6 Å². The molecule has 0 heterocycles. The van der Waals surface area contributed by atoms with Gasteiger partial charge in [0.05, 0.1) is 0 Å². The van der Waals surface area contributed by atoms with Crippen LogP contribution in [0.3, 0.4) is 0 Å². The van der Waals surface area contributed by atoms with Crippen LogP contribution in [0.25, 0.3) is 0 Å². The molecule has 0 aliphatic heterocycles. The Balaban J connectivity index is 1.74. The predicted molar refractivity (Wildman–Crippen MR) is 87.7 cm³/mol. The third kappa shape index (κ3) is 5.39. The molecule has 0 spiro atoms. The van der Waals surface area contributed by atoms with E-state index in [0.717, 1.165) is 6.42 Å². The van der Waals surface area contributed by atoms with Crippen LogP contribution >= 0.6 is 0 Å². The first-order chi connectivity index (χ1) is 11.0. The number of nitrogens with one attached hydrogen (secondary N) is 2. The monoisotopic (exact) mass is 317 g/mol. The minimum absolute atomic E-state index is 0.0455. The molecule has 0 bridgehead atoms. The van der Waals surface area contributed by atoms with Crippen molar-refractivity contribution in [2.75, 3.05) is 11.9 Å². The number of anilines is 1. The first kappa shape index (κ1) is 17.0. The molecule has 23 heavy (non-hydrogen) atoms. The average molecular weight is 317 g/mol. The highest BCUT2D eigenvalue weighted by Gasteiger charge is 2.38. The fourth-order valence-electron chi connectivity index (χ4n) is 2.36. The van der Waals surface area contributed by atoms with Crippen LogP contribution in [0.15, 0.2) is 24.3 Å². The standard InChI is InChI=1S/C17H23N3O3/c1-11-10-14(11)17(23)20-13-7-5-12(6-8-13)16(22)19-9-3-2-4-15(18)21/h5-8,11,14H,2-4,9-10H2,1H3,(H2,18,21)(H,19,22)(H,20,23)/t11-,14-/m1/s1. The van der Waals surface area contributed by atoms with E-state index in [1.807, 2.05) is 0 Å². The van der Waals surface area contributed by atoms with E-state index >= 15 is 0 Å². The van der Waals surface area contributed by atoms with E-state index < -0.39 is 0 Å². The van der Waals surface area contributed by atoms with Gasteiger partial charge >= 0.3 is 0 Å². The summed E-state index contributed by atoms with van der Waals surface area (Å²) in [4.78, 5) is 34.4. The molecule has 2 atom stereocenters. The van der Waals surface area contributed by atoms with Crippen LogP contribution < -0.4 is 16.4 Å². The zero-order valence-corrected chi connectivity index (χ0v) is 13.3. The fraction of sp³-hybridized carbons (Fsp3) is 0.471. The summed E-state index contributed by atoms with van der Waals surface area (Å²) in [6.45, 7) is 2.56. The van der Waals surface area contributed by atoms with Gasteiger partial charge in [0, 0.05) is 30.1 Å². The second-order valence-electron chi connectivity index (χ2n) is 6.07. The molecule has 1 aromatic rings. The number of hydrogen-bond donors (Lipinski definition) is 3. The maximum atomic E-state index is 11.9. The number of primary amides is 1. The Morgan fingerprint density at radius 3 is 2.39 bits per heavy atom. The van der Waals surface area contributed by atoms with E-state index in [2.05, 4.69) is 17.6 Å². The topological polar surface area (TPSA) is 101 Å². The molecular weight excluding hydrogens is 294 g/mol. The number of benzene rings is 1. The van der Waals surface area contributed by atoms with E-state index in [9.17, 15) is 14.4 Å². The molecule has 1 fully saturated rings. The zero-order valence-electron chi connectivity index (χ0n) is 13.3. The average Bonchev–Trinajstić information content (AvgIpc) is 3.24. The summed E-state index contributed by atoms with van der Waals surface area (Å²) in [5.74, 6) is 0.143. The highest BCUT2D eigenvalue weighted by atomic mass is 16.2. The lowest BCUT2D eigenvalue weighted by atomic mass is 10.1. The third-order valence-electron chi connectivity index (χ3n) is 4.00. The van der Waals surface area contributed by atoms with Gasteiger partial charge in [0.2, 0.25) is 11.8 Å². The molecular formula is C17H23N3O3. The van der Waals surface area contributed by atoms with Crippen molar-refractivity contribution < 1.29 is 14.4 Å². The largest absolute Gasteiger partial charge is 0.370 e. The Labute approximate surface area is 135 Å². The van der Waals surface area contributed by atoms with Crippen molar-refractivity contribution in [3.63, 3.8) is 0 Å². The van der Waals surface area contributed by atoms with Crippen molar-refractivity contribution in [2.24, 2.45) is 17.6 Å². The van der Waals surface area contributed by atoms with E-state index in [1.54, 1.807) is 24.3 Å². The van der Waals surface area contributed by atoms with Crippen LogP contribution in [-0.4, -0.2) is 24.3 Å². The number of nitrogens with two attached hydrogens (primary N) is 1. The van der Waals surface area contributed by atoms with Crippen LogP contribution in [-0.2, 0) is 9.59 Å². The van der Waals surface area contributed by atoms with Crippen LogP contribution in [0.2, 0.25) is 0 Å². The molecule has 124 valence electrons.